The number of ether oxygens (including phenoxy) is 1. The average molecular weight is 394 g/mol. The quantitative estimate of drug-likeness (QED) is 0.497. The van der Waals surface area contributed by atoms with Gasteiger partial charge in [0.15, 0.2) is 0 Å². The molecule has 5 heteroatoms. The lowest BCUT2D eigenvalue weighted by molar-refractivity contribution is -0.121. The normalized spacial score (nSPS) is 11.0. The van der Waals surface area contributed by atoms with E-state index in [9.17, 15) is 4.79 Å². The topological polar surface area (TPSA) is 56.2 Å². The number of amides is 1. The molecule has 0 aliphatic heterocycles. The summed E-state index contributed by atoms with van der Waals surface area (Å²) in [6.45, 7) is 8.20. The molecule has 1 amide bonds. The number of carbonyl (C=O) groups excluding carboxylic acids is 1. The average Bonchev–Trinajstić information content (AvgIpc) is 3.05. The van der Waals surface area contributed by atoms with Crippen molar-refractivity contribution in [1.29, 1.82) is 0 Å². The van der Waals surface area contributed by atoms with Crippen molar-refractivity contribution in [2.45, 2.75) is 59.5 Å². The molecule has 0 fully saturated rings. The van der Waals surface area contributed by atoms with Crippen LogP contribution in [0.25, 0.3) is 11.0 Å². The minimum Gasteiger partial charge on any atom is -0.493 e. The monoisotopic (exact) mass is 393 g/mol. The third kappa shape index (κ3) is 5.59. The fourth-order valence-corrected chi connectivity index (χ4v) is 3.52. The van der Waals surface area contributed by atoms with Crippen LogP contribution in [0.15, 0.2) is 42.5 Å². The summed E-state index contributed by atoms with van der Waals surface area (Å²) in [5.74, 6) is 1.95. The fourth-order valence-electron chi connectivity index (χ4n) is 3.52. The van der Waals surface area contributed by atoms with Crippen LogP contribution in [0.4, 0.5) is 0 Å². The predicted molar refractivity (Wildman–Crippen MR) is 117 cm³/mol. The highest BCUT2D eigenvalue weighted by molar-refractivity contribution is 5.77. The van der Waals surface area contributed by atoms with Gasteiger partial charge >= 0.3 is 0 Å². The molecular weight excluding hydrogens is 362 g/mol. The van der Waals surface area contributed by atoms with Crippen LogP contribution in [0.2, 0.25) is 0 Å². The van der Waals surface area contributed by atoms with Crippen molar-refractivity contribution in [2.75, 3.05) is 6.61 Å². The highest BCUT2D eigenvalue weighted by Gasteiger charge is 2.11. The second-order valence-corrected chi connectivity index (χ2v) is 7.52. The van der Waals surface area contributed by atoms with E-state index in [2.05, 4.69) is 41.9 Å². The number of nitrogens with one attached hydrogen (secondary N) is 1. The van der Waals surface area contributed by atoms with Gasteiger partial charge in [-0.2, -0.15) is 0 Å². The molecule has 0 atom stereocenters. The van der Waals surface area contributed by atoms with Gasteiger partial charge in [0, 0.05) is 13.0 Å². The van der Waals surface area contributed by atoms with Gasteiger partial charge in [-0.05, 0) is 56.9 Å². The fraction of sp³-hybridized carbons (Fsp3) is 0.417. The molecule has 154 valence electrons. The number of imidazole rings is 1. The molecule has 0 saturated carbocycles. The Morgan fingerprint density at radius 3 is 2.76 bits per heavy atom. The summed E-state index contributed by atoms with van der Waals surface area (Å²) in [6.07, 6.45) is 3.35. The minimum absolute atomic E-state index is 0.0768. The molecule has 29 heavy (non-hydrogen) atoms. The first-order chi connectivity index (χ1) is 14.1. The molecule has 1 N–H and O–H groups in total. The maximum Gasteiger partial charge on any atom is 0.220 e. The molecule has 3 aromatic rings. The first-order valence-corrected chi connectivity index (χ1v) is 10.5. The van der Waals surface area contributed by atoms with Gasteiger partial charge < -0.3 is 14.6 Å². The highest BCUT2D eigenvalue weighted by atomic mass is 16.5. The molecule has 0 bridgehead atoms. The number of hydrogen-bond acceptors (Lipinski definition) is 3. The van der Waals surface area contributed by atoms with Crippen LogP contribution in [0.3, 0.4) is 0 Å². The molecule has 0 aliphatic rings. The van der Waals surface area contributed by atoms with E-state index in [-0.39, 0.29) is 5.91 Å². The van der Waals surface area contributed by atoms with Crippen molar-refractivity contribution in [2.24, 2.45) is 0 Å². The van der Waals surface area contributed by atoms with E-state index in [1.54, 1.807) is 0 Å². The first-order valence-electron chi connectivity index (χ1n) is 10.5. The van der Waals surface area contributed by atoms with E-state index in [1.807, 2.05) is 31.2 Å². The highest BCUT2D eigenvalue weighted by Crippen LogP contribution is 2.20. The van der Waals surface area contributed by atoms with Gasteiger partial charge in [-0.1, -0.05) is 36.8 Å². The molecule has 0 radical (unpaired) electrons. The van der Waals surface area contributed by atoms with E-state index >= 15 is 0 Å². The molecule has 2 aromatic carbocycles. The number of aromatic nitrogens is 2. The maximum absolute atomic E-state index is 11.9. The number of para-hydroxylation sites is 2. The summed E-state index contributed by atoms with van der Waals surface area (Å²) in [5.41, 5.74) is 4.51. The molecule has 5 nitrogen and oxygen atoms in total. The van der Waals surface area contributed by atoms with Crippen LogP contribution >= 0.6 is 0 Å². The Kier molecular flexibility index (Phi) is 7.28. The number of rotatable bonds is 10. The molecule has 0 saturated heterocycles. The van der Waals surface area contributed by atoms with Gasteiger partial charge in [0.25, 0.3) is 0 Å². The van der Waals surface area contributed by atoms with Gasteiger partial charge in [-0.25, -0.2) is 4.98 Å². The van der Waals surface area contributed by atoms with Crippen LogP contribution in [0.5, 0.6) is 5.75 Å². The van der Waals surface area contributed by atoms with E-state index in [4.69, 9.17) is 9.72 Å². The van der Waals surface area contributed by atoms with Crippen molar-refractivity contribution in [1.82, 2.24) is 14.9 Å². The summed E-state index contributed by atoms with van der Waals surface area (Å²) < 4.78 is 8.17. The predicted octanol–water partition coefficient (Wildman–Crippen LogP) is 4.93. The molecule has 1 aromatic heterocycles. The number of hydrogen-bond donors (Lipinski definition) is 1. The number of benzene rings is 2. The van der Waals surface area contributed by atoms with E-state index in [1.165, 1.54) is 11.1 Å². The smallest absolute Gasteiger partial charge is 0.220 e. The Morgan fingerprint density at radius 1 is 1.14 bits per heavy atom. The Morgan fingerprint density at radius 2 is 1.97 bits per heavy atom. The lowest BCUT2D eigenvalue weighted by Gasteiger charge is -2.12. The first kappa shape index (κ1) is 20.9. The third-order valence-corrected chi connectivity index (χ3v) is 5.02. The number of fused-ring (bicyclic) bond motifs is 1. The van der Waals surface area contributed by atoms with E-state index < -0.39 is 0 Å². The van der Waals surface area contributed by atoms with Gasteiger partial charge in [0.2, 0.25) is 5.91 Å². The Balaban J connectivity index is 1.58. The van der Waals surface area contributed by atoms with Gasteiger partial charge in [0.05, 0.1) is 24.2 Å². The van der Waals surface area contributed by atoms with Gasteiger partial charge in [-0.15, -0.1) is 0 Å². The number of carbonyl (C=O) groups is 1. The van der Waals surface area contributed by atoms with Crippen molar-refractivity contribution < 1.29 is 9.53 Å². The zero-order chi connectivity index (χ0) is 20.6. The molecule has 1 heterocycles. The van der Waals surface area contributed by atoms with Crippen LogP contribution in [-0.2, 0) is 17.9 Å². The Hall–Kier alpha value is -2.82. The minimum atomic E-state index is 0.0768. The van der Waals surface area contributed by atoms with Gasteiger partial charge in [-0.3, -0.25) is 4.79 Å². The van der Waals surface area contributed by atoms with Gasteiger partial charge in [0.1, 0.15) is 11.6 Å². The van der Waals surface area contributed by atoms with Crippen molar-refractivity contribution >= 4 is 16.9 Å². The lowest BCUT2D eigenvalue weighted by atomic mass is 10.1. The summed E-state index contributed by atoms with van der Waals surface area (Å²) in [6, 6.07) is 14.4. The zero-order valence-electron chi connectivity index (χ0n) is 17.7. The maximum atomic E-state index is 11.9. The molecular formula is C24H31N3O2. The molecule has 0 unspecified atom stereocenters. The van der Waals surface area contributed by atoms with Crippen LogP contribution in [0, 0.1) is 13.8 Å². The summed E-state index contributed by atoms with van der Waals surface area (Å²) in [4.78, 5) is 16.6. The van der Waals surface area contributed by atoms with E-state index in [0.717, 1.165) is 48.4 Å². The van der Waals surface area contributed by atoms with Crippen LogP contribution < -0.4 is 10.1 Å². The van der Waals surface area contributed by atoms with E-state index in [0.29, 0.717) is 19.6 Å². The second-order valence-electron chi connectivity index (χ2n) is 7.52. The van der Waals surface area contributed by atoms with Crippen molar-refractivity contribution in [3.05, 3.63) is 59.4 Å². The third-order valence-electron chi connectivity index (χ3n) is 5.02. The summed E-state index contributed by atoms with van der Waals surface area (Å²) in [7, 11) is 0. The SMILES string of the molecule is CCCC(=O)NCc1nc2ccccc2n1CCCCOc1ccc(C)cc1C. The van der Waals surface area contributed by atoms with Crippen LogP contribution in [-0.4, -0.2) is 22.1 Å². The molecule has 0 spiro atoms. The summed E-state index contributed by atoms with van der Waals surface area (Å²) in [5, 5.41) is 2.99. The van der Waals surface area contributed by atoms with Crippen molar-refractivity contribution in [3.63, 3.8) is 0 Å². The van der Waals surface area contributed by atoms with Crippen molar-refractivity contribution in [3.8, 4) is 5.75 Å². The second kappa shape index (κ2) is 10.1. The molecule has 0 aliphatic carbocycles. The van der Waals surface area contributed by atoms with Crippen LogP contribution in [0.1, 0.15) is 49.6 Å². The largest absolute Gasteiger partial charge is 0.493 e. The number of aryl methyl sites for hydroxylation is 3. The molecule has 3 rings (SSSR count). The Labute approximate surface area is 173 Å². The number of unbranched alkanes of at least 4 members (excludes halogenated alkanes) is 1. The summed E-state index contributed by atoms with van der Waals surface area (Å²) >= 11 is 0. The lowest BCUT2D eigenvalue weighted by Crippen LogP contribution is -2.24. The zero-order valence-corrected chi connectivity index (χ0v) is 17.7. The standard InChI is InChI=1S/C24H31N3O2/c1-4-9-24(28)25-17-23-26-20-10-5-6-11-21(20)27(23)14-7-8-15-29-22-13-12-18(2)16-19(22)3/h5-6,10-13,16H,4,7-9,14-15,17H2,1-3H3,(H,25,28). The number of nitrogens with zero attached hydrogens (tertiary/aromatic N) is 2. The Bertz CT molecular complexity index is 962.